The molecule has 3 heteroatoms. The molecule has 1 unspecified atom stereocenters. The predicted molar refractivity (Wildman–Crippen MR) is 57.8 cm³/mol. The van der Waals surface area contributed by atoms with Crippen LogP contribution in [-0.4, -0.2) is 29.9 Å². The maximum Gasteiger partial charge on any atom is 0.249 e. The molecule has 0 aliphatic carbocycles. The molecule has 80 valence electrons. The van der Waals surface area contributed by atoms with Crippen LogP contribution in [0.4, 0.5) is 0 Å². The van der Waals surface area contributed by atoms with E-state index in [0.717, 1.165) is 31.4 Å². The number of allylic oxidation sites excluding steroid dienone is 1. The van der Waals surface area contributed by atoms with E-state index < -0.39 is 0 Å². The van der Waals surface area contributed by atoms with Crippen LogP contribution < -0.4 is 5.73 Å². The second-order valence-electron chi connectivity index (χ2n) is 3.83. The maximum absolute atomic E-state index is 11.9. The van der Waals surface area contributed by atoms with E-state index in [1.807, 2.05) is 24.8 Å². The van der Waals surface area contributed by atoms with Crippen molar-refractivity contribution >= 4 is 5.91 Å². The summed E-state index contributed by atoms with van der Waals surface area (Å²) in [6, 6.07) is 0.266. The zero-order valence-electron chi connectivity index (χ0n) is 9.12. The van der Waals surface area contributed by atoms with Crippen LogP contribution in [0.25, 0.3) is 0 Å². The average Bonchev–Trinajstić information content (AvgIpc) is 2.64. The van der Waals surface area contributed by atoms with E-state index in [4.69, 9.17) is 5.73 Å². The Morgan fingerprint density at radius 2 is 2.36 bits per heavy atom. The monoisotopic (exact) mass is 196 g/mol. The van der Waals surface area contributed by atoms with Gasteiger partial charge < -0.3 is 10.6 Å². The van der Waals surface area contributed by atoms with Crippen molar-refractivity contribution in [3.63, 3.8) is 0 Å². The predicted octanol–water partition coefficient (Wildman–Crippen LogP) is 1.29. The van der Waals surface area contributed by atoms with Crippen LogP contribution in [0.1, 0.15) is 33.1 Å². The van der Waals surface area contributed by atoms with E-state index in [9.17, 15) is 4.79 Å². The quantitative estimate of drug-likeness (QED) is 0.691. The Kier molecular flexibility index (Phi) is 4.14. The summed E-state index contributed by atoms with van der Waals surface area (Å²) in [4.78, 5) is 13.8. The van der Waals surface area contributed by atoms with E-state index >= 15 is 0 Å². The largest absolute Gasteiger partial charge is 0.335 e. The first-order valence-corrected chi connectivity index (χ1v) is 5.38. The second kappa shape index (κ2) is 5.15. The smallest absolute Gasteiger partial charge is 0.249 e. The molecule has 0 spiro atoms. The highest BCUT2D eigenvalue weighted by Crippen LogP contribution is 2.18. The summed E-state index contributed by atoms with van der Waals surface area (Å²) >= 11 is 0. The number of hydrogen-bond acceptors (Lipinski definition) is 2. The molecule has 1 fully saturated rings. The summed E-state index contributed by atoms with van der Waals surface area (Å²) < 4.78 is 0. The van der Waals surface area contributed by atoms with Gasteiger partial charge in [0.2, 0.25) is 5.91 Å². The third-order valence-corrected chi connectivity index (χ3v) is 2.76. The molecule has 1 atom stereocenters. The van der Waals surface area contributed by atoms with Gasteiger partial charge in [0.15, 0.2) is 0 Å². The summed E-state index contributed by atoms with van der Waals surface area (Å²) in [6.45, 7) is 5.39. The fourth-order valence-electron chi connectivity index (χ4n) is 1.97. The first kappa shape index (κ1) is 11.2. The number of likely N-dealkylation sites (tertiary alicyclic amines) is 1. The van der Waals surface area contributed by atoms with Gasteiger partial charge in [-0.05, 0) is 26.2 Å². The Balaban J connectivity index is 2.64. The minimum atomic E-state index is 0.166. The molecule has 0 saturated carbocycles. The van der Waals surface area contributed by atoms with Crippen LogP contribution in [0.5, 0.6) is 0 Å². The first-order valence-electron chi connectivity index (χ1n) is 5.38. The molecular weight excluding hydrogens is 176 g/mol. The Labute approximate surface area is 86.0 Å². The molecule has 0 radical (unpaired) electrons. The summed E-state index contributed by atoms with van der Waals surface area (Å²) in [6.07, 6.45) is 5.04. The molecule has 1 aliphatic rings. The lowest BCUT2D eigenvalue weighted by Crippen LogP contribution is -2.40. The van der Waals surface area contributed by atoms with Gasteiger partial charge in [0.25, 0.3) is 0 Å². The second-order valence-corrected chi connectivity index (χ2v) is 3.83. The first-order chi connectivity index (χ1) is 6.70. The van der Waals surface area contributed by atoms with E-state index in [0.29, 0.717) is 6.54 Å². The van der Waals surface area contributed by atoms with Gasteiger partial charge in [0.05, 0.1) is 0 Å². The van der Waals surface area contributed by atoms with E-state index in [-0.39, 0.29) is 11.9 Å². The third kappa shape index (κ3) is 2.35. The molecule has 1 heterocycles. The van der Waals surface area contributed by atoms with Crippen LogP contribution in [-0.2, 0) is 4.79 Å². The SMILES string of the molecule is CC/C=C(/C)C(=O)N1CCCC1CN. The summed E-state index contributed by atoms with van der Waals surface area (Å²) in [7, 11) is 0. The number of nitrogens with zero attached hydrogens (tertiary/aromatic N) is 1. The van der Waals surface area contributed by atoms with Crippen molar-refractivity contribution in [1.29, 1.82) is 0 Å². The standard InChI is InChI=1S/C11H20N2O/c1-3-5-9(2)11(14)13-7-4-6-10(13)8-12/h5,10H,3-4,6-8,12H2,1-2H3/b9-5-. The van der Waals surface area contributed by atoms with Gasteiger partial charge >= 0.3 is 0 Å². The van der Waals surface area contributed by atoms with E-state index in [1.54, 1.807) is 0 Å². The molecular formula is C11H20N2O. The van der Waals surface area contributed by atoms with Crippen molar-refractivity contribution in [2.75, 3.05) is 13.1 Å². The maximum atomic E-state index is 11.9. The van der Waals surface area contributed by atoms with Crippen LogP contribution in [0.15, 0.2) is 11.6 Å². The zero-order chi connectivity index (χ0) is 10.6. The number of carbonyl (C=O) groups excluding carboxylic acids is 1. The van der Waals surface area contributed by atoms with Crippen molar-refractivity contribution in [2.45, 2.75) is 39.2 Å². The minimum absolute atomic E-state index is 0.166. The Bertz CT molecular complexity index is 235. The van der Waals surface area contributed by atoms with Crippen LogP contribution >= 0.6 is 0 Å². The molecule has 1 rings (SSSR count). The summed E-state index contributed by atoms with van der Waals surface area (Å²) in [5.41, 5.74) is 6.48. The lowest BCUT2D eigenvalue weighted by atomic mass is 10.2. The number of amides is 1. The van der Waals surface area contributed by atoms with Gasteiger partial charge in [-0.15, -0.1) is 0 Å². The van der Waals surface area contributed by atoms with Crippen molar-refractivity contribution in [3.8, 4) is 0 Å². The fourth-order valence-corrected chi connectivity index (χ4v) is 1.97. The highest BCUT2D eigenvalue weighted by Gasteiger charge is 2.27. The highest BCUT2D eigenvalue weighted by molar-refractivity contribution is 5.93. The zero-order valence-corrected chi connectivity index (χ0v) is 9.12. The van der Waals surface area contributed by atoms with Crippen molar-refractivity contribution in [1.82, 2.24) is 4.90 Å². The van der Waals surface area contributed by atoms with Gasteiger partial charge in [0.1, 0.15) is 0 Å². The average molecular weight is 196 g/mol. The molecule has 1 saturated heterocycles. The van der Waals surface area contributed by atoms with Crippen molar-refractivity contribution in [2.24, 2.45) is 5.73 Å². The van der Waals surface area contributed by atoms with Crippen molar-refractivity contribution in [3.05, 3.63) is 11.6 Å². The number of nitrogens with two attached hydrogens (primary N) is 1. The van der Waals surface area contributed by atoms with Gasteiger partial charge in [-0.1, -0.05) is 13.0 Å². The van der Waals surface area contributed by atoms with E-state index in [1.165, 1.54) is 0 Å². The van der Waals surface area contributed by atoms with Gasteiger partial charge in [0, 0.05) is 24.7 Å². The van der Waals surface area contributed by atoms with Gasteiger partial charge in [-0.2, -0.15) is 0 Å². The molecule has 3 nitrogen and oxygen atoms in total. The number of hydrogen-bond donors (Lipinski definition) is 1. The number of rotatable bonds is 3. The number of carbonyl (C=O) groups is 1. The topological polar surface area (TPSA) is 46.3 Å². The van der Waals surface area contributed by atoms with Gasteiger partial charge in [-0.25, -0.2) is 0 Å². The molecule has 0 aromatic rings. The van der Waals surface area contributed by atoms with Crippen LogP contribution in [0.3, 0.4) is 0 Å². The lowest BCUT2D eigenvalue weighted by Gasteiger charge is -2.23. The molecule has 0 aromatic heterocycles. The van der Waals surface area contributed by atoms with E-state index in [2.05, 4.69) is 0 Å². The Morgan fingerprint density at radius 1 is 1.64 bits per heavy atom. The van der Waals surface area contributed by atoms with Crippen LogP contribution in [0.2, 0.25) is 0 Å². The Hall–Kier alpha value is -0.830. The summed E-state index contributed by atoms with van der Waals surface area (Å²) in [5, 5.41) is 0. The van der Waals surface area contributed by atoms with Crippen molar-refractivity contribution < 1.29 is 4.79 Å². The minimum Gasteiger partial charge on any atom is -0.335 e. The molecule has 0 bridgehead atoms. The summed E-state index contributed by atoms with van der Waals surface area (Å²) in [5.74, 6) is 0.166. The third-order valence-electron chi connectivity index (χ3n) is 2.76. The van der Waals surface area contributed by atoms with Crippen LogP contribution in [0, 0.1) is 0 Å². The Morgan fingerprint density at radius 3 is 2.93 bits per heavy atom. The molecule has 2 N–H and O–H groups in total. The molecule has 1 amide bonds. The normalized spacial score (nSPS) is 22.9. The molecule has 14 heavy (non-hydrogen) atoms. The fraction of sp³-hybridized carbons (Fsp3) is 0.727. The lowest BCUT2D eigenvalue weighted by molar-refractivity contribution is -0.127. The van der Waals surface area contributed by atoms with Gasteiger partial charge in [-0.3, -0.25) is 4.79 Å². The molecule has 1 aliphatic heterocycles. The molecule has 0 aromatic carbocycles. The highest BCUT2D eigenvalue weighted by atomic mass is 16.2.